The fourth-order valence-electron chi connectivity index (χ4n) is 1.29. The van der Waals surface area contributed by atoms with Crippen molar-refractivity contribution in [1.29, 1.82) is 0 Å². The highest BCUT2D eigenvalue weighted by molar-refractivity contribution is 9.10. The molecule has 0 aliphatic heterocycles. The van der Waals surface area contributed by atoms with Crippen LogP contribution in [0.3, 0.4) is 0 Å². The third-order valence-corrected chi connectivity index (χ3v) is 2.76. The van der Waals surface area contributed by atoms with Crippen molar-refractivity contribution < 1.29 is 5.11 Å². The van der Waals surface area contributed by atoms with E-state index in [9.17, 15) is 5.11 Å². The van der Waals surface area contributed by atoms with E-state index in [4.69, 9.17) is 0 Å². The predicted molar refractivity (Wildman–Crippen MR) is 68.2 cm³/mol. The molecule has 2 rings (SSSR count). The van der Waals surface area contributed by atoms with Crippen LogP contribution in [0.15, 0.2) is 53.0 Å². The standard InChI is InChI=1S/C14H9BrO/c15-13-7-4-8-14(16)12(13)10-9-11-5-2-1-3-6-11/h1-8,16H. The van der Waals surface area contributed by atoms with E-state index in [-0.39, 0.29) is 5.75 Å². The molecule has 0 atom stereocenters. The number of halogens is 1. The second kappa shape index (κ2) is 4.87. The van der Waals surface area contributed by atoms with Crippen molar-refractivity contribution in [3.63, 3.8) is 0 Å². The summed E-state index contributed by atoms with van der Waals surface area (Å²) in [5.74, 6) is 6.15. The van der Waals surface area contributed by atoms with E-state index in [0.29, 0.717) is 5.56 Å². The highest BCUT2D eigenvalue weighted by Gasteiger charge is 2.00. The van der Waals surface area contributed by atoms with E-state index in [1.165, 1.54) is 0 Å². The average molecular weight is 273 g/mol. The van der Waals surface area contributed by atoms with E-state index < -0.39 is 0 Å². The van der Waals surface area contributed by atoms with Crippen LogP contribution in [0, 0.1) is 11.8 Å². The summed E-state index contributed by atoms with van der Waals surface area (Å²) in [6.45, 7) is 0. The highest BCUT2D eigenvalue weighted by Crippen LogP contribution is 2.24. The summed E-state index contributed by atoms with van der Waals surface area (Å²) < 4.78 is 0.802. The quantitative estimate of drug-likeness (QED) is 0.728. The molecule has 0 spiro atoms. The van der Waals surface area contributed by atoms with Gasteiger partial charge in [-0.15, -0.1) is 0 Å². The predicted octanol–water partition coefficient (Wildman–Crippen LogP) is 3.55. The van der Waals surface area contributed by atoms with Gasteiger partial charge in [-0.1, -0.05) is 36.1 Å². The van der Waals surface area contributed by atoms with Gasteiger partial charge in [0.2, 0.25) is 0 Å². The van der Waals surface area contributed by atoms with Crippen LogP contribution in [0.1, 0.15) is 11.1 Å². The first-order valence-corrected chi connectivity index (χ1v) is 5.61. The lowest BCUT2D eigenvalue weighted by molar-refractivity contribution is 0.473. The van der Waals surface area contributed by atoms with Gasteiger partial charge in [0.05, 0.1) is 5.56 Å². The third-order valence-electron chi connectivity index (χ3n) is 2.10. The van der Waals surface area contributed by atoms with Crippen LogP contribution < -0.4 is 0 Å². The van der Waals surface area contributed by atoms with Crippen molar-refractivity contribution in [3.8, 4) is 17.6 Å². The van der Waals surface area contributed by atoms with Gasteiger partial charge in [-0.25, -0.2) is 0 Å². The summed E-state index contributed by atoms with van der Waals surface area (Å²) in [5, 5.41) is 9.64. The van der Waals surface area contributed by atoms with Crippen LogP contribution in [0.4, 0.5) is 0 Å². The maximum absolute atomic E-state index is 9.64. The number of phenols is 1. The first-order valence-electron chi connectivity index (χ1n) is 4.82. The molecule has 78 valence electrons. The van der Waals surface area contributed by atoms with Crippen molar-refractivity contribution in [2.24, 2.45) is 0 Å². The Hall–Kier alpha value is -1.72. The Labute approximate surface area is 103 Å². The van der Waals surface area contributed by atoms with Gasteiger partial charge in [-0.05, 0) is 40.2 Å². The molecule has 0 unspecified atom stereocenters. The summed E-state index contributed by atoms with van der Waals surface area (Å²) >= 11 is 3.36. The fourth-order valence-corrected chi connectivity index (χ4v) is 1.75. The molecule has 0 fully saturated rings. The molecule has 2 aromatic carbocycles. The van der Waals surface area contributed by atoms with Crippen LogP contribution in [0.2, 0.25) is 0 Å². The Kier molecular flexibility index (Phi) is 3.28. The molecular formula is C14H9BrO. The maximum Gasteiger partial charge on any atom is 0.132 e. The Morgan fingerprint density at radius 3 is 2.31 bits per heavy atom. The van der Waals surface area contributed by atoms with E-state index in [0.717, 1.165) is 10.0 Å². The summed E-state index contributed by atoms with van der Waals surface area (Å²) in [6.07, 6.45) is 0. The largest absolute Gasteiger partial charge is 0.507 e. The fraction of sp³-hybridized carbons (Fsp3) is 0. The second-order valence-corrected chi connectivity index (χ2v) is 4.10. The molecule has 2 aromatic rings. The van der Waals surface area contributed by atoms with Gasteiger partial charge in [0, 0.05) is 10.0 Å². The number of phenolic OH excluding ortho intramolecular Hbond substituents is 1. The molecule has 0 radical (unpaired) electrons. The zero-order valence-corrected chi connectivity index (χ0v) is 10.0. The lowest BCUT2D eigenvalue weighted by Crippen LogP contribution is -1.79. The Morgan fingerprint density at radius 1 is 0.875 bits per heavy atom. The van der Waals surface area contributed by atoms with Crippen molar-refractivity contribution in [2.45, 2.75) is 0 Å². The SMILES string of the molecule is Oc1cccc(Br)c1C#Cc1ccccc1. The molecule has 0 aliphatic carbocycles. The topological polar surface area (TPSA) is 20.2 Å². The number of hydrogen-bond acceptors (Lipinski definition) is 1. The van der Waals surface area contributed by atoms with Gasteiger partial charge in [0.25, 0.3) is 0 Å². The van der Waals surface area contributed by atoms with E-state index in [2.05, 4.69) is 27.8 Å². The number of benzene rings is 2. The highest BCUT2D eigenvalue weighted by atomic mass is 79.9. The van der Waals surface area contributed by atoms with E-state index in [1.54, 1.807) is 12.1 Å². The molecule has 1 nitrogen and oxygen atoms in total. The zero-order valence-electron chi connectivity index (χ0n) is 8.44. The molecule has 16 heavy (non-hydrogen) atoms. The Bertz CT molecular complexity index is 530. The molecule has 0 saturated heterocycles. The summed E-state index contributed by atoms with van der Waals surface area (Å²) in [6, 6.07) is 14.9. The average Bonchev–Trinajstić information content (AvgIpc) is 2.30. The van der Waals surface area contributed by atoms with E-state index >= 15 is 0 Å². The number of aromatic hydroxyl groups is 1. The molecule has 2 heteroatoms. The van der Waals surface area contributed by atoms with Crippen LogP contribution in [-0.2, 0) is 0 Å². The van der Waals surface area contributed by atoms with Crippen molar-refractivity contribution >= 4 is 15.9 Å². The first kappa shape index (κ1) is 10.8. The Balaban J connectivity index is 2.39. The first-order chi connectivity index (χ1) is 7.77. The lowest BCUT2D eigenvalue weighted by atomic mass is 10.1. The van der Waals surface area contributed by atoms with Crippen molar-refractivity contribution in [2.75, 3.05) is 0 Å². The van der Waals surface area contributed by atoms with Gasteiger partial charge in [-0.3, -0.25) is 0 Å². The van der Waals surface area contributed by atoms with Crippen molar-refractivity contribution in [1.82, 2.24) is 0 Å². The number of hydrogen-bond donors (Lipinski definition) is 1. The lowest BCUT2D eigenvalue weighted by Gasteiger charge is -1.98. The molecular weight excluding hydrogens is 264 g/mol. The zero-order chi connectivity index (χ0) is 11.4. The minimum Gasteiger partial charge on any atom is -0.507 e. The minimum absolute atomic E-state index is 0.192. The van der Waals surface area contributed by atoms with Gasteiger partial charge >= 0.3 is 0 Å². The van der Waals surface area contributed by atoms with Crippen LogP contribution in [-0.4, -0.2) is 5.11 Å². The summed E-state index contributed by atoms with van der Waals surface area (Å²) in [4.78, 5) is 0. The van der Waals surface area contributed by atoms with Crippen molar-refractivity contribution in [3.05, 3.63) is 64.1 Å². The molecule has 0 aromatic heterocycles. The molecule has 0 amide bonds. The Morgan fingerprint density at radius 2 is 1.62 bits per heavy atom. The molecule has 0 heterocycles. The number of rotatable bonds is 0. The van der Waals surface area contributed by atoms with Crippen LogP contribution >= 0.6 is 15.9 Å². The van der Waals surface area contributed by atoms with Gasteiger partial charge in [0.1, 0.15) is 5.75 Å². The van der Waals surface area contributed by atoms with Crippen LogP contribution in [0.5, 0.6) is 5.75 Å². The van der Waals surface area contributed by atoms with Crippen LogP contribution in [0.25, 0.3) is 0 Å². The smallest absolute Gasteiger partial charge is 0.132 e. The van der Waals surface area contributed by atoms with Gasteiger partial charge < -0.3 is 5.11 Å². The summed E-state index contributed by atoms with van der Waals surface area (Å²) in [5.41, 5.74) is 1.55. The molecule has 1 N–H and O–H groups in total. The van der Waals surface area contributed by atoms with Gasteiger partial charge in [0.15, 0.2) is 0 Å². The molecule has 0 saturated carbocycles. The molecule has 0 aliphatic rings. The maximum atomic E-state index is 9.64. The molecule has 0 bridgehead atoms. The monoisotopic (exact) mass is 272 g/mol. The second-order valence-electron chi connectivity index (χ2n) is 3.25. The van der Waals surface area contributed by atoms with Gasteiger partial charge in [-0.2, -0.15) is 0 Å². The van der Waals surface area contributed by atoms with E-state index in [1.807, 2.05) is 36.4 Å². The summed E-state index contributed by atoms with van der Waals surface area (Å²) in [7, 11) is 0. The third kappa shape index (κ3) is 2.44. The normalized spacial score (nSPS) is 9.31. The minimum atomic E-state index is 0.192.